The molecule has 0 bridgehead atoms. The molecule has 0 aliphatic rings. The number of amides is 1. The first-order chi connectivity index (χ1) is 8.56. The van der Waals surface area contributed by atoms with E-state index in [0.717, 1.165) is 4.47 Å². The number of aromatic nitrogens is 2. The van der Waals surface area contributed by atoms with E-state index in [-0.39, 0.29) is 10.8 Å². The highest BCUT2D eigenvalue weighted by molar-refractivity contribution is 9.10. The van der Waals surface area contributed by atoms with Crippen molar-refractivity contribution in [2.45, 2.75) is 0 Å². The highest BCUT2D eigenvalue weighted by Gasteiger charge is 2.11. The number of carbonyl (C=O) groups is 1. The quantitative estimate of drug-likeness (QED) is 0.899. The predicted octanol–water partition coefficient (Wildman–Crippen LogP) is 3.80. The molecule has 0 spiro atoms. The van der Waals surface area contributed by atoms with Crippen molar-refractivity contribution in [3.8, 4) is 0 Å². The lowest BCUT2D eigenvalue weighted by Gasteiger charge is -2.07. The standard InChI is InChI=1S/C11H6BrCl2N3O/c12-6-1-2-7(13)8(3-6)17-11(18)9-4-15-5-10(14)16-9/h1-5H,(H,17,18). The Labute approximate surface area is 121 Å². The second kappa shape index (κ2) is 5.65. The number of rotatable bonds is 2. The van der Waals surface area contributed by atoms with Gasteiger partial charge in [0.25, 0.3) is 5.91 Å². The van der Waals surface area contributed by atoms with Crippen LogP contribution in [0.3, 0.4) is 0 Å². The van der Waals surface area contributed by atoms with Crippen molar-refractivity contribution in [1.29, 1.82) is 0 Å². The smallest absolute Gasteiger partial charge is 0.275 e. The fourth-order valence-electron chi connectivity index (χ4n) is 1.23. The number of benzene rings is 1. The molecule has 2 aromatic rings. The summed E-state index contributed by atoms with van der Waals surface area (Å²) in [6.45, 7) is 0. The third kappa shape index (κ3) is 3.19. The van der Waals surface area contributed by atoms with Crippen LogP contribution in [-0.2, 0) is 0 Å². The van der Waals surface area contributed by atoms with Gasteiger partial charge in [0, 0.05) is 4.47 Å². The molecule has 0 fully saturated rings. The van der Waals surface area contributed by atoms with Crippen molar-refractivity contribution < 1.29 is 4.79 Å². The average Bonchev–Trinajstić information content (AvgIpc) is 2.34. The average molecular weight is 347 g/mol. The monoisotopic (exact) mass is 345 g/mol. The van der Waals surface area contributed by atoms with E-state index in [2.05, 4.69) is 31.2 Å². The Hall–Kier alpha value is -1.17. The molecule has 0 saturated carbocycles. The second-order valence-electron chi connectivity index (χ2n) is 3.31. The number of halogens is 3. The van der Waals surface area contributed by atoms with Gasteiger partial charge in [0.05, 0.1) is 23.1 Å². The number of nitrogens with zero attached hydrogens (tertiary/aromatic N) is 2. The lowest BCUT2D eigenvalue weighted by Crippen LogP contribution is -2.14. The number of hydrogen-bond acceptors (Lipinski definition) is 3. The molecule has 2 rings (SSSR count). The Bertz CT molecular complexity index is 607. The van der Waals surface area contributed by atoms with Gasteiger partial charge >= 0.3 is 0 Å². The zero-order chi connectivity index (χ0) is 13.1. The largest absolute Gasteiger partial charge is 0.319 e. The number of hydrogen-bond donors (Lipinski definition) is 1. The molecule has 7 heteroatoms. The first kappa shape index (κ1) is 13.3. The molecule has 4 nitrogen and oxygen atoms in total. The molecule has 1 aromatic carbocycles. The fourth-order valence-corrected chi connectivity index (χ4v) is 1.90. The lowest BCUT2D eigenvalue weighted by molar-refractivity contribution is 0.102. The van der Waals surface area contributed by atoms with E-state index in [4.69, 9.17) is 23.2 Å². The first-order valence-corrected chi connectivity index (χ1v) is 6.35. The molecule has 1 aromatic heterocycles. The Morgan fingerprint density at radius 3 is 2.78 bits per heavy atom. The molecule has 1 amide bonds. The summed E-state index contributed by atoms with van der Waals surface area (Å²) < 4.78 is 0.805. The van der Waals surface area contributed by atoms with Gasteiger partial charge in [0.2, 0.25) is 0 Å². The van der Waals surface area contributed by atoms with Crippen LogP contribution in [0.5, 0.6) is 0 Å². The van der Waals surface area contributed by atoms with Crippen LogP contribution in [0.4, 0.5) is 5.69 Å². The topological polar surface area (TPSA) is 54.9 Å². The van der Waals surface area contributed by atoms with Crippen LogP contribution in [0.25, 0.3) is 0 Å². The van der Waals surface area contributed by atoms with Gasteiger partial charge in [-0.3, -0.25) is 9.78 Å². The highest BCUT2D eigenvalue weighted by atomic mass is 79.9. The molecular weight excluding hydrogens is 341 g/mol. The maximum atomic E-state index is 11.9. The maximum Gasteiger partial charge on any atom is 0.275 e. The molecule has 1 heterocycles. The van der Waals surface area contributed by atoms with Crippen molar-refractivity contribution in [3.63, 3.8) is 0 Å². The van der Waals surface area contributed by atoms with Gasteiger partial charge in [-0.1, -0.05) is 39.1 Å². The summed E-state index contributed by atoms with van der Waals surface area (Å²) in [5.74, 6) is -0.426. The third-order valence-corrected chi connectivity index (χ3v) is 3.02. The number of nitrogens with one attached hydrogen (secondary N) is 1. The molecule has 1 N–H and O–H groups in total. The van der Waals surface area contributed by atoms with Crippen LogP contribution in [0.1, 0.15) is 10.5 Å². The van der Waals surface area contributed by atoms with Gasteiger partial charge in [-0.15, -0.1) is 0 Å². The van der Waals surface area contributed by atoms with Crippen molar-refractivity contribution in [1.82, 2.24) is 9.97 Å². The minimum atomic E-state index is -0.426. The van der Waals surface area contributed by atoms with E-state index in [0.29, 0.717) is 10.7 Å². The van der Waals surface area contributed by atoms with E-state index >= 15 is 0 Å². The zero-order valence-electron chi connectivity index (χ0n) is 8.82. The third-order valence-electron chi connectivity index (χ3n) is 2.01. The molecule has 0 unspecified atom stereocenters. The van der Waals surface area contributed by atoms with E-state index in [1.807, 2.05) is 0 Å². The van der Waals surface area contributed by atoms with Crippen molar-refractivity contribution in [2.75, 3.05) is 5.32 Å². The van der Waals surface area contributed by atoms with Crippen LogP contribution in [0.2, 0.25) is 10.2 Å². The Morgan fingerprint density at radius 2 is 2.06 bits per heavy atom. The van der Waals surface area contributed by atoms with Gasteiger partial charge in [-0.05, 0) is 18.2 Å². The van der Waals surface area contributed by atoms with Crippen molar-refractivity contribution in [2.24, 2.45) is 0 Å². The van der Waals surface area contributed by atoms with Crippen LogP contribution in [-0.4, -0.2) is 15.9 Å². The molecule has 0 atom stereocenters. The maximum absolute atomic E-state index is 11.9. The summed E-state index contributed by atoms with van der Waals surface area (Å²) in [5, 5.41) is 3.22. The predicted molar refractivity (Wildman–Crippen MR) is 74.1 cm³/mol. The summed E-state index contributed by atoms with van der Waals surface area (Å²) in [7, 11) is 0. The van der Waals surface area contributed by atoms with Gasteiger partial charge in [0.15, 0.2) is 0 Å². The molecule has 0 saturated heterocycles. The van der Waals surface area contributed by atoms with E-state index < -0.39 is 5.91 Å². The minimum Gasteiger partial charge on any atom is -0.319 e. The molecule has 0 aliphatic carbocycles. The molecule has 18 heavy (non-hydrogen) atoms. The SMILES string of the molecule is O=C(Nc1cc(Br)ccc1Cl)c1cncc(Cl)n1. The number of anilines is 1. The van der Waals surface area contributed by atoms with E-state index in [1.165, 1.54) is 12.4 Å². The molecule has 0 radical (unpaired) electrons. The summed E-state index contributed by atoms with van der Waals surface area (Å²) in [6.07, 6.45) is 2.68. The Morgan fingerprint density at radius 1 is 1.28 bits per heavy atom. The van der Waals surface area contributed by atoms with Crippen LogP contribution < -0.4 is 5.32 Å². The Kier molecular flexibility index (Phi) is 4.16. The van der Waals surface area contributed by atoms with Crippen molar-refractivity contribution >= 4 is 50.7 Å². The summed E-state index contributed by atoms with van der Waals surface area (Å²) in [4.78, 5) is 19.5. The molecule has 0 aliphatic heterocycles. The molecular formula is C11H6BrCl2N3O. The summed E-state index contributed by atoms with van der Waals surface area (Å²) >= 11 is 14.9. The second-order valence-corrected chi connectivity index (χ2v) is 5.02. The van der Waals surface area contributed by atoms with Crippen LogP contribution in [0, 0.1) is 0 Å². The van der Waals surface area contributed by atoms with Crippen LogP contribution >= 0.6 is 39.1 Å². The summed E-state index contributed by atoms with van der Waals surface area (Å²) in [6, 6.07) is 5.14. The zero-order valence-corrected chi connectivity index (χ0v) is 11.9. The normalized spacial score (nSPS) is 10.2. The van der Waals surface area contributed by atoms with Crippen molar-refractivity contribution in [3.05, 3.63) is 50.9 Å². The van der Waals surface area contributed by atoms with Gasteiger partial charge in [0.1, 0.15) is 10.8 Å². The highest BCUT2D eigenvalue weighted by Crippen LogP contribution is 2.26. The van der Waals surface area contributed by atoms with Crippen LogP contribution in [0.15, 0.2) is 35.1 Å². The first-order valence-electron chi connectivity index (χ1n) is 4.80. The van der Waals surface area contributed by atoms with Gasteiger partial charge in [-0.25, -0.2) is 4.98 Å². The van der Waals surface area contributed by atoms with Gasteiger partial charge < -0.3 is 5.32 Å². The molecule has 92 valence electrons. The van der Waals surface area contributed by atoms with E-state index in [9.17, 15) is 4.79 Å². The Balaban J connectivity index is 2.24. The lowest BCUT2D eigenvalue weighted by atomic mass is 10.3. The fraction of sp³-hybridized carbons (Fsp3) is 0. The van der Waals surface area contributed by atoms with Gasteiger partial charge in [-0.2, -0.15) is 0 Å². The summed E-state index contributed by atoms with van der Waals surface area (Å²) in [5.41, 5.74) is 0.608. The minimum absolute atomic E-state index is 0.124. The number of carbonyl (C=O) groups excluding carboxylic acids is 1. The van der Waals surface area contributed by atoms with E-state index in [1.54, 1.807) is 18.2 Å².